The molecule has 0 aromatic heterocycles. The van der Waals surface area contributed by atoms with E-state index in [2.05, 4.69) is 5.10 Å². The first kappa shape index (κ1) is 28.2. The van der Waals surface area contributed by atoms with Gasteiger partial charge in [-0.05, 0) is 23.6 Å². The Labute approximate surface area is 219 Å². The van der Waals surface area contributed by atoms with Crippen LogP contribution in [0.2, 0.25) is 0 Å². The van der Waals surface area contributed by atoms with E-state index in [1.54, 1.807) is 30.3 Å². The quantitative estimate of drug-likeness (QED) is 0.232. The summed E-state index contributed by atoms with van der Waals surface area (Å²) in [4.78, 5) is 28.4. The fourth-order valence-electron chi connectivity index (χ4n) is 4.45. The van der Waals surface area contributed by atoms with Crippen molar-refractivity contribution < 1.29 is 40.7 Å². The third-order valence-corrected chi connectivity index (χ3v) is 6.36. The van der Waals surface area contributed by atoms with Gasteiger partial charge in [-0.15, -0.1) is 13.2 Å². The van der Waals surface area contributed by atoms with Crippen LogP contribution in [0, 0.1) is 17.5 Å². The van der Waals surface area contributed by atoms with Crippen LogP contribution in [0.4, 0.5) is 26.3 Å². The minimum atomic E-state index is -4.77. The Hall–Kier alpha value is -3.81. The third-order valence-electron chi connectivity index (χ3n) is 6.36. The Kier molecular flexibility index (Phi) is 8.33. The lowest BCUT2D eigenvalue weighted by Crippen LogP contribution is -2.58. The van der Waals surface area contributed by atoms with Crippen LogP contribution in [-0.4, -0.2) is 70.7 Å². The minimum Gasteiger partial charge on any atom is -0.461 e. The lowest BCUT2D eigenvalue weighted by Gasteiger charge is -2.40. The van der Waals surface area contributed by atoms with Crippen molar-refractivity contribution in [3.8, 4) is 0 Å². The molecular weight excluding hydrogens is 532 g/mol. The van der Waals surface area contributed by atoms with Crippen molar-refractivity contribution >= 4 is 17.7 Å². The summed E-state index contributed by atoms with van der Waals surface area (Å²) in [5.41, 5.74) is 6.46. The molecule has 2 heterocycles. The first-order valence-corrected chi connectivity index (χ1v) is 12.0. The third kappa shape index (κ3) is 6.80. The van der Waals surface area contributed by atoms with Crippen LogP contribution in [0.3, 0.4) is 0 Å². The SMILES string of the molecule is NC(CC(=O)N1CCN2CN(C(F)(F)F)N=C2C1CC(=O)OCc1ccccc1)Cc1cc(F)c(F)cc1F. The lowest BCUT2D eigenvalue weighted by atomic mass is 10.0. The van der Waals surface area contributed by atoms with E-state index >= 15 is 0 Å². The number of carbonyl (C=O) groups excluding carboxylic acids is 2. The van der Waals surface area contributed by atoms with Crippen molar-refractivity contribution in [3.05, 3.63) is 71.0 Å². The molecule has 1 amide bonds. The van der Waals surface area contributed by atoms with Gasteiger partial charge in [0, 0.05) is 31.6 Å². The Morgan fingerprint density at radius 1 is 1.05 bits per heavy atom. The molecule has 2 aromatic carbocycles. The molecule has 0 radical (unpaired) electrons. The Morgan fingerprint density at radius 2 is 1.74 bits per heavy atom. The molecule has 2 aromatic rings. The maximum Gasteiger partial charge on any atom is 0.502 e. The van der Waals surface area contributed by atoms with E-state index in [1.807, 2.05) is 0 Å². The molecule has 2 aliphatic heterocycles. The van der Waals surface area contributed by atoms with Gasteiger partial charge in [-0.1, -0.05) is 30.3 Å². The number of nitrogens with two attached hydrogens (primary N) is 1. The summed E-state index contributed by atoms with van der Waals surface area (Å²) in [5.74, 6) is -5.18. The highest BCUT2D eigenvalue weighted by molar-refractivity contribution is 5.96. The molecule has 8 nitrogen and oxygen atoms in total. The van der Waals surface area contributed by atoms with Crippen LogP contribution in [0.5, 0.6) is 0 Å². The summed E-state index contributed by atoms with van der Waals surface area (Å²) in [5, 5.41) is 3.55. The summed E-state index contributed by atoms with van der Waals surface area (Å²) in [7, 11) is 0. The number of hydrogen-bond donors (Lipinski definition) is 1. The normalized spacial score (nSPS) is 18.1. The molecule has 2 N–H and O–H groups in total. The number of hydrogen-bond acceptors (Lipinski definition) is 7. The molecule has 14 heteroatoms. The van der Waals surface area contributed by atoms with Gasteiger partial charge < -0.3 is 20.3 Å². The zero-order valence-corrected chi connectivity index (χ0v) is 20.5. The van der Waals surface area contributed by atoms with E-state index in [0.29, 0.717) is 17.7 Å². The fourth-order valence-corrected chi connectivity index (χ4v) is 4.45. The molecule has 2 aliphatic rings. The van der Waals surface area contributed by atoms with Gasteiger partial charge in [0.05, 0.1) is 6.42 Å². The molecule has 4 rings (SSSR count). The molecule has 210 valence electrons. The number of esters is 1. The van der Waals surface area contributed by atoms with Gasteiger partial charge in [0.2, 0.25) is 5.91 Å². The van der Waals surface area contributed by atoms with Gasteiger partial charge in [0.15, 0.2) is 11.6 Å². The molecule has 2 atom stereocenters. The van der Waals surface area contributed by atoms with Crippen LogP contribution >= 0.6 is 0 Å². The van der Waals surface area contributed by atoms with Gasteiger partial charge in [-0.3, -0.25) is 9.59 Å². The molecule has 0 spiro atoms. The topological polar surface area (TPSA) is 91.5 Å². The number of ether oxygens (including phenoxy) is 1. The fraction of sp³-hybridized carbons (Fsp3) is 0.400. The predicted molar refractivity (Wildman–Crippen MR) is 126 cm³/mol. The van der Waals surface area contributed by atoms with Crippen LogP contribution in [0.15, 0.2) is 47.6 Å². The summed E-state index contributed by atoms with van der Waals surface area (Å²) in [6.07, 6.45) is -5.94. The second kappa shape index (κ2) is 11.5. The number of rotatable bonds is 8. The first-order chi connectivity index (χ1) is 18.4. The van der Waals surface area contributed by atoms with Gasteiger partial charge in [0.1, 0.15) is 31.0 Å². The summed E-state index contributed by atoms with van der Waals surface area (Å²) in [6.45, 7) is -0.687. The lowest BCUT2D eigenvalue weighted by molar-refractivity contribution is -0.247. The maximum absolute atomic E-state index is 14.0. The van der Waals surface area contributed by atoms with Crippen LogP contribution in [0.25, 0.3) is 0 Å². The van der Waals surface area contributed by atoms with Gasteiger partial charge in [-0.25, -0.2) is 13.2 Å². The number of hydrazone groups is 1. The van der Waals surface area contributed by atoms with E-state index < -0.39 is 67.2 Å². The summed E-state index contributed by atoms with van der Waals surface area (Å²) in [6, 6.07) is 7.55. The van der Waals surface area contributed by atoms with E-state index in [9.17, 15) is 35.9 Å². The number of halogens is 6. The molecule has 0 aliphatic carbocycles. The maximum atomic E-state index is 14.0. The second-order valence-electron chi connectivity index (χ2n) is 9.21. The van der Waals surface area contributed by atoms with Crippen molar-refractivity contribution in [2.45, 2.75) is 44.3 Å². The van der Waals surface area contributed by atoms with Crippen molar-refractivity contribution in [1.29, 1.82) is 0 Å². The molecule has 39 heavy (non-hydrogen) atoms. The number of amides is 1. The first-order valence-electron chi connectivity index (χ1n) is 12.0. The number of piperazine rings is 1. The molecule has 0 bridgehead atoms. The van der Waals surface area contributed by atoms with E-state index in [4.69, 9.17) is 10.5 Å². The molecule has 2 unspecified atom stereocenters. The molecule has 1 saturated heterocycles. The summed E-state index contributed by atoms with van der Waals surface area (Å²) < 4.78 is 86.1. The highest BCUT2D eigenvalue weighted by Gasteiger charge is 2.47. The van der Waals surface area contributed by atoms with Crippen molar-refractivity contribution in [2.24, 2.45) is 10.8 Å². The standard InChI is InChI=1S/C25H25F6N5O3/c26-18-11-20(28)19(27)9-16(18)8-17(32)10-22(37)35-7-6-34-14-36(25(29,30)31)33-24(34)21(35)12-23(38)39-13-15-4-2-1-3-5-15/h1-5,9,11,17,21H,6-8,10,12-14,32H2. The second-order valence-corrected chi connectivity index (χ2v) is 9.21. The Bertz CT molecular complexity index is 1240. The van der Waals surface area contributed by atoms with Crippen LogP contribution in [-0.2, 0) is 27.4 Å². The van der Waals surface area contributed by atoms with Crippen molar-refractivity contribution in [3.63, 3.8) is 0 Å². The van der Waals surface area contributed by atoms with E-state index in [-0.39, 0.29) is 42.5 Å². The monoisotopic (exact) mass is 557 g/mol. The smallest absolute Gasteiger partial charge is 0.461 e. The minimum absolute atomic E-state index is 0.0136. The van der Waals surface area contributed by atoms with E-state index in [1.165, 1.54) is 9.80 Å². The predicted octanol–water partition coefficient (Wildman–Crippen LogP) is 3.12. The highest BCUT2D eigenvalue weighted by atomic mass is 19.4. The number of fused-ring (bicyclic) bond motifs is 1. The number of amidine groups is 1. The van der Waals surface area contributed by atoms with Gasteiger partial charge in [0.25, 0.3) is 0 Å². The van der Waals surface area contributed by atoms with Crippen molar-refractivity contribution in [1.82, 2.24) is 14.8 Å². The van der Waals surface area contributed by atoms with Crippen LogP contribution < -0.4 is 5.73 Å². The molecule has 1 fully saturated rings. The largest absolute Gasteiger partial charge is 0.502 e. The average Bonchev–Trinajstić information content (AvgIpc) is 3.32. The number of carbonyl (C=O) groups is 2. The number of benzene rings is 2. The zero-order valence-electron chi connectivity index (χ0n) is 20.5. The highest BCUT2D eigenvalue weighted by Crippen LogP contribution is 2.30. The van der Waals surface area contributed by atoms with Gasteiger partial charge >= 0.3 is 12.3 Å². The van der Waals surface area contributed by atoms with E-state index in [0.717, 1.165) is 0 Å². The number of nitrogens with zero attached hydrogens (tertiary/aromatic N) is 4. The summed E-state index contributed by atoms with van der Waals surface area (Å²) >= 11 is 0. The van der Waals surface area contributed by atoms with Crippen LogP contribution in [0.1, 0.15) is 24.0 Å². The Balaban J connectivity index is 1.49. The van der Waals surface area contributed by atoms with Gasteiger partial charge in [-0.2, -0.15) is 10.1 Å². The number of alkyl halides is 3. The molecular formula is C25H25F6N5O3. The Morgan fingerprint density at radius 3 is 2.44 bits per heavy atom. The van der Waals surface area contributed by atoms with Crippen molar-refractivity contribution in [2.75, 3.05) is 19.8 Å². The zero-order chi connectivity index (χ0) is 28.3. The molecule has 0 saturated carbocycles. The average molecular weight is 557 g/mol.